The Morgan fingerprint density at radius 3 is 2.32 bits per heavy atom. The predicted molar refractivity (Wildman–Crippen MR) is 106 cm³/mol. The van der Waals surface area contributed by atoms with Gasteiger partial charge in [0.05, 0.1) is 27.2 Å². The van der Waals surface area contributed by atoms with Gasteiger partial charge in [0.1, 0.15) is 12.1 Å². The normalized spacial score (nSPS) is 12.6. The number of carbonyl (C=O) groups is 1. The Morgan fingerprint density at radius 1 is 1.04 bits per heavy atom. The number of ketones is 1. The van der Waals surface area contributed by atoms with Crippen LogP contribution >= 0.6 is 0 Å². The first-order valence-corrected chi connectivity index (χ1v) is 9.35. The summed E-state index contributed by atoms with van der Waals surface area (Å²) in [4.78, 5) is 12.5. The van der Waals surface area contributed by atoms with E-state index in [2.05, 4.69) is 24.4 Å². The van der Waals surface area contributed by atoms with Crippen molar-refractivity contribution < 1.29 is 36.7 Å². The monoisotopic (exact) mass is 407 g/mol. The summed E-state index contributed by atoms with van der Waals surface area (Å²) in [7, 11) is 3.15. The van der Waals surface area contributed by atoms with Crippen LogP contribution in [0.25, 0.3) is 0 Å². The van der Waals surface area contributed by atoms with Gasteiger partial charge < -0.3 is 31.9 Å². The van der Waals surface area contributed by atoms with E-state index in [1.807, 2.05) is 25.1 Å². The molecular formula is C22H30ClNO4. The van der Waals surface area contributed by atoms with Gasteiger partial charge in [-0.25, -0.2) is 0 Å². The average molecular weight is 408 g/mol. The first-order valence-electron chi connectivity index (χ1n) is 9.35. The number of carbonyl (C=O) groups excluding carboxylic acids is 1. The Balaban J connectivity index is 0.00000392. The van der Waals surface area contributed by atoms with Crippen LogP contribution in [0, 0.1) is 0 Å². The highest BCUT2D eigenvalue weighted by molar-refractivity contribution is 5.96. The molecule has 0 saturated carbocycles. The molecule has 0 aliphatic heterocycles. The molecule has 2 N–H and O–H groups in total. The lowest BCUT2D eigenvalue weighted by molar-refractivity contribution is -0.693. The molecule has 0 aliphatic carbocycles. The summed E-state index contributed by atoms with van der Waals surface area (Å²) in [6.45, 7) is 5.49. The van der Waals surface area contributed by atoms with E-state index in [1.54, 1.807) is 32.4 Å². The molecule has 0 bridgehead atoms. The van der Waals surface area contributed by atoms with Crippen molar-refractivity contribution in [3.05, 3.63) is 59.7 Å². The largest absolute Gasteiger partial charge is 1.00 e. The van der Waals surface area contributed by atoms with Crippen LogP contribution in [0.15, 0.2) is 48.5 Å². The molecule has 0 saturated heterocycles. The summed E-state index contributed by atoms with van der Waals surface area (Å²) < 4.78 is 16.4. The van der Waals surface area contributed by atoms with E-state index in [0.717, 1.165) is 5.56 Å². The van der Waals surface area contributed by atoms with Gasteiger partial charge in [0.25, 0.3) is 0 Å². The number of halogens is 1. The van der Waals surface area contributed by atoms with Crippen LogP contribution < -0.4 is 27.2 Å². The highest BCUT2D eigenvalue weighted by atomic mass is 35.5. The molecule has 2 rings (SSSR count). The van der Waals surface area contributed by atoms with Gasteiger partial charge in [-0.1, -0.05) is 30.3 Å². The Morgan fingerprint density at radius 2 is 1.71 bits per heavy atom. The zero-order valence-corrected chi connectivity index (χ0v) is 17.7. The lowest BCUT2D eigenvalue weighted by atomic mass is 10.0. The van der Waals surface area contributed by atoms with E-state index < -0.39 is 0 Å². The summed E-state index contributed by atoms with van der Waals surface area (Å²) in [6, 6.07) is 15.7. The van der Waals surface area contributed by atoms with Gasteiger partial charge in [-0.15, -0.1) is 0 Å². The van der Waals surface area contributed by atoms with E-state index >= 15 is 0 Å². The maximum absolute atomic E-state index is 12.5. The van der Waals surface area contributed by atoms with Crippen molar-refractivity contribution in [1.82, 2.24) is 0 Å². The number of Topliss-reactive ketones (excluding diaryl/α,β-unsaturated/α-hetero) is 1. The zero-order chi connectivity index (χ0) is 19.6. The van der Waals surface area contributed by atoms with Crippen molar-refractivity contribution in [2.45, 2.75) is 32.4 Å². The molecule has 2 aromatic carbocycles. The van der Waals surface area contributed by atoms with Crippen molar-refractivity contribution in [2.75, 3.05) is 27.4 Å². The van der Waals surface area contributed by atoms with Gasteiger partial charge in [0.15, 0.2) is 17.3 Å². The van der Waals surface area contributed by atoms with Gasteiger partial charge in [0, 0.05) is 12.2 Å². The molecule has 0 aromatic heterocycles. The van der Waals surface area contributed by atoms with E-state index in [1.165, 1.54) is 0 Å². The fourth-order valence-electron chi connectivity index (χ4n) is 3.13. The molecule has 5 nitrogen and oxygen atoms in total. The minimum absolute atomic E-state index is 0. The van der Waals surface area contributed by atoms with E-state index in [-0.39, 0.29) is 30.3 Å². The number of nitrogens with two attached hydrogens (primary N) is 1. The minimum Gasteiger partial charge on any atom is -1.00 e. The third kappa shape index (κ3) is 6.51. The Hall–Kier alpha value is -2.08. The van der Waals surface area contributed by atoms with Crippen LogP contribution in [0.5, 0.6) is 11.5 Å². The second-order valence-electron chi connectivity index (χ2n) is 6.41. The lowest BCUT2D eigenvalue weighted by Gasteiger charge is -2.22. The van der Waals surface area contributed by atoms with Crippen LogP contribution in [0.1, 0.15) is 42.3 Å². The summed E-state index contributed by atoms with van der Waals surface area (Å²) in [5.74, 6) is 1.28. The highest BCUT2D eigenvalue weighted by Gasteiger charge is 2.22. The first kappa shape index (κ1) is 24.0. The molecule has 0 radical (unpaired) electrons. The third-order valence-corrected chi connectivity index (χ3v) is 4.57. The van der Waals surface area contributed by atoms with E-state index in [0.29, 0.717) is 36.6 Å². The fourth-order valence-corrected chi connectivity index (χ4v) is 3.13. The lowest BCUT2D eigenvalue weighted by Crippen LogP contribution is -3.00. The Kier molecular flexibility index (Phi) is 10.6. The second kappa shape index (κ2) is 12.4. The number of hydrogen-bond acceptors (Lipinski definition) is 4. The third-order valence-electron chi connectivity index (χ3n) is 4.57. The molecule has 0 spiro atoms. The first-order chi connectivity index (χ1) is 13.1. The standard InChI is InChI=1S/C22H29NO4.ClH/c1-5-27-22(17-9-7-6-8-10-17)16(2)23-14-13-19(24)18-11-12-20(25-3)21(15-18)26-4;/h6-12,15-16,22-23H,5,13-14H2,1-4H3;1H. The molecule has 154 valence electrons. The van der Waals surface area contributed by atoms with Gasteiger partial charge in [-0.2, -0.15) is 0 Å². The van der Waals surface area contributed by atoms with Crippen molar-refractivity contribution in [3.8, 4) is 11.5 Å². The molecule has 0 fully saturated rings. The molecule has 28 heavy (non-hydrogen) atoms. The molecule has 6 heteroatoms. The fraction of sp³-hybridized carbons (Fsp3) is 0.409. The van der Waals surface area contributed by atoms with Crippen LogP contribution in [0.4, 0.5) is 0 Å². The average Bonchev–Trinajstić information content (AvgIpc) is 2.71. The van der Waals surface area contributed by atoms with Crippen molar-refractivity contribution in [3.63, 3.8) is 0 Å². The van der Waals surface area contributed by atoms with Crippen molar-refractivity contribution in [1.29, 1.82) is 0 Å². The summed E-state index contributed by atoms with van der Waals surface area (Å²) in [5.41, 5.74) is 1.80. The smallest absolute Gasteiger partial charge is 0.168 e. The summed E-state index contributed by atoms with van der Waals surface area (Å²) >= 11 is 0. The Bertz CT molecular complexity index is 724. The number of quaternary nitrogens is 1. The van der Waals surface area contributed by atoms with Gasteiger partial charge >= 0.3 is 0 Å². The highest BCUT2D eigenvalue weighted by Crippen LogP contribution is 2.27. The van der Waals surface area contributed by atoms with Crippen LogP contribution in [0.3, 0.4) is 0 Å². The van der Waals surface area contributed by atoms with Crippen LogP contribution in [-0.4, -0.2) is 39.2 Å². The molecule has 2 aromatic rings. The van der Waals surface area contributed by atoms with Crippen LogP contribution in [-0.2, 0) is 4.74 Å². The molecule has 2 atom stereocenters. The molecule has 0 heterocycles. The zero-order valence-electron chi connectivity index (χ0n) is 17.0. The van der Waals surface area contributed by atoms with Crippen molar-refractivity contribution in [2.24, 2.45) is 0 Å². The van der Waals surface area contributed by atoms with Crippen molar-refractivity contribution >= 4 is 5.78 Å². The number of methoxy groups -OCH3 is 2. The topological polar surface area (TPSA) is 61.4 Å². The summed E-state index contributed by atoms with van der Waals surface area (Å²) in [6.07, 6.45) is 0.459. The number of ether oxygens (including phenoxy) is 3. The molecule has 0 amide bonds. The van der Waals surface area contributed by atoms with E-state index in [9.17, 15) is 4.79 Å². The molecular weight excluding hydrogens is 378 g/mol. The minimum atomic E-state index is 0. The molecule has 0 aliphatic rings. The molecule has 2 unspecified atom stereocenters. The van der Waals surface area contributed by atoms with Gasteiger partial charge in [-0.05, 0) is 37.6 Å². The second-order valence-corrected chi connectivity index (χ2v) is 6.41. The Labute approximate surface area is 173 Å². The van der Waals surface area contributed by atoms with Gasteiger partial charge in [-0.3, -0.25) is 4.79 Å². The summed E-state index contributed by atoms with van der Waals surface area (Å²) in [5, 5.41) is 2.17. The maximum Gasteiger partial charge on any atom is 0.168 e. The number of hydrogen-bond donors (Lipinski definition) is 1. The quantitative estimate of drug-likeness (QED) is 0.533. The van der Waals surface area contributed by atoms with Crippen LogP contribution in [0.2, 0.25) is 0 Å². The number of rotatable bonds is 11. The SMILES string of the molecule is CCOC(c1ccccc1)C(C)[NH2+]CCC(=O)c1ccc(OC)c(OC)c1.[Cl-]. The maximum atomic E-state index is 12.5. The number of benzene rings is 2. The van der Waals surface area contributed by atoms with E-state index in [4.69, 9.17) is 14.2 Å². The van der Waals surface area contributed by atoms with Gasteiger partial charge in [0.2, 0.25) is 0 Å². The predicted octanol–water partition coefficient (Wildman–Crippen LogP) is 0.0103.